The number of urea groups is 1. The summed E-state index contributed by atoms with van der Waals surface area (Å²) in [5, 5.41) is 3.06. The van der Waals surface area contributed by atoms with E-state index in [1.165, 1.54) is 0 Å². The van der Waals surface area contributed by atoms with E-state index in [1.54, 1.807) is 11.2 Å². The van der Waals surface area contributed by atoms with Crippen molar-refractivity contribution in [2.75, 3.05) is 5.32 Å². The van der Waals surface area contributed by atoms with Gasteiger partial charge >= 0.3 is 6.03 Å². The van der Waals surface area contributed by atoms with Gasteiger partial charge in [0.2, 0.25) is 0 Å². The first-order chi connectivity index (χ1) is 12.0. The Hall–Kier alpha value is -2.95. The van der Waals surface area contributed by atoms with Crippen LogP contribution in [0, 0.1) is 13.8 Å². The Bertz CT molecular complexity index is 829. The van der Waals surface area contributed by atoms with Crippen LogP contribution >= 0.6 is 0 Å². The number of nitrogens with one attached hydrogen (secondary N) is 1. The molecule has 0 bridgehead atoms. The van der Waals surface area contributed by atoms with Gasteiger partial charge in [0.25, 0.3) is 0 Å². The number of hydrogen-bond acceptors (Lipinski definition) is 2. The molecule has 0 aliphatic heterocycles. The normalized spacial score (nSPS) is 10.7. The SMILES string of the molecule is Cc1cccc(C)c1NC(=O)N(Cc1ccco1)Cc1cccn1C. The molecule has 0 fully saturated rings. The number of aryl methyl sites for hydroxylation is 3. The third kappa shape index (κ3) is 3.94. The van der Waals surface area contributed by atoms with Gasteiger partial charge in [-0.05, 0) is 49.2 Å². The molecule has 0 spiro atoms. The number of furan rings is 1. The molecular formula is C20H23N3O2. The van der Waals surface area contributed by atoms with E-state index in [-0.39, 0.29) is 6.03 Å². The zero-order valence-electron chi connectivity index (χ0n) is 14.8. The first-order valence-corrected chi connectivity index (χ1v) is 8.29. The molecule has 2 aromatic heterocycles. The second-order valence-electron chi connectivity index (χ2n) is 6.24. The van der Waals surface area contributed by atoms with Gasteiger partial charge in [0.05, 0.1) is 19.4 Å². The maximum atomic E-state index is 12.9. The molecule has 2 amide bonds. The number of carbonyl (C=O) groups excluding carboxylic acids is 1. The van der Waals surface area contributed by atoms with Crippen LogP contribution in [0.2, 0.25) is 0 Å². The quantitative estimate of drug-likeness (QED) is 0.747. The van der Waals surface area contributed by atoms with E-state index in [9.17, 15) is 4.79 Å². The molecule has 5 heteroatoms. The van der Waals surface area contributed by atoms with E-state index in [0.29, 0.717) is 13.1 Å². The summed E-state index contributed by atoms with van der Waals surface area (Å²) in [5.41, 5.74) is 4.02. The highest BCUT2D eigenvalue weighted by molar-refractivity contribution is 5.91. The molecule has 0 saturated heterocycles. The highest BCUT2D eigenvalue weighted by atomic mass is 16.3. The smallest absolute Gasteiger partial charge is 0.322 e. The average Bonchev–Trinajstić information content (AvgIpc) is 3.23. The minimum Gasteiger partial charge on any atom is -0.467 e. The van der Waals surface area contributed by atoms with Crippen molar-refractivity contribution in [2.45, 2.75) is 26.9 Å². The fraction of sp³-hybridized carbons (Fsp3) is 0.250. The molecule has 1 N–H and O–H groups in total. The molecule has 0 radical (unpaired) electrons. The van der Waals surface area contributed by atoms with Crippen molar-refractivity contribution in [3.63, 3.8) is 0 Å². The Kier molecular flexibility index (Phi) is 4.93. The van der Waals surface area contributed by atoms with Gasteiger partial charge in [-0.1, -0.05) is 18.2 Å². The van der Waals surface area contributed by atoms with Crippen LogP contribution in [0.5, 0.6) is 0 Å². The van der Waals surface area contributed by atoms with Crippen molar-refractivity contribution < 1.29 is 9.21 Å². The Balaban J connectivity index is 1.82. The van der Waals surface area contributed by atoms with Crippen LogP contribution in [0.15, 0.2) is 59.3 Å². The lowest BCUT2D eigenvalue weighted by Crippen LogP contribution is -2.34. The average molecular weight is 337 g/mol. The molecule has 25 heavy (non-hydrogen) atoms. The summed E-state index contributed by atoms with van der Waals surface area (Å²) < 4.78 is 7.45. The molecule has 3 rings (SSSR count). The second kappa shape index (κ2) is 7.30. The van der Waals surface area contributed by atoms with Crippen LogP contribution in [0.25, 0.3) is 0 Å². The van der Waals surface area contributed by atoms with Crippen molar-refractivity contribution in [1.82, 2.24) is 9.47 Å². The number of rotatable bonds is 5. The Morgan fingerprint density at radius 2 is 1.84 bits per heavy atom. The number of anilines is 1. The lowest BCUT2D eigenvalue weighted by molar-refractivity contribution is 0.200. The second-order valence-corrected chi connectivity index (χ2v) is 6.24. The summed E-state index contributed by atoms with van der Waals surface area (Å²) in [5.74, 6) is 0.755. The number of nitrogens with zero attached hydrogens (tertiary/aromatic N) is 2. The number of carbonyl (C=O) groups is 1. The lowest BCUT2D eigenvalue weighted by Gasteiger charge is -2.23. The van der Waals surface area contributed by atoms with Gasteiger partial charge in [-0.15, -0.1) is 0 Å². The van der Waals surface area contributed by atoms with E-state index < -0.39 is 0 Å². The third-order valence-corrected chi connectivity index (χ3v) is 4.33. The zero-order chi connectivity index (χ0) is 17.8. The Morgan fingerprint density at radius 3 is 2.44 bits per heavy atom. The first-order valence-electron chi connectivity index (χ1n) is 8.29. The fourth-order valence-corrected chi connectivity index (χ4v) is 2.84. The monoisotopic (exact) mass is 337 g/mol. The van der Waals surface area contributed by atoms with Gasteiger partial charge in [-0.25, -0.2) is 4.79 Å². The number of benzene rings is 1. The minimum absolute atomic E-state index is 0.144. The molecule has 3 aromatic rings. The van der Waals surface area contributed by atoms with Crippen LogP contribution in [0.4, 0.5) is 10.5 Å². The van der Waals surface area contributed by atoms with Crippen molar-refractivity contribution in [1.29, 1.82) is 0 Å². The summed E-state index contributed by atoms with van der Waals surface area (Å²) in [4.78, 5) is 14.7. The molecular weight excluding hydrogens is 314 g/mol. The van der Waals surface area contributed by atoms with Crippen molar-refractivity contribution in [3.8, 4) is 0 Å². The summed E-state index contributed by atoms with van der Waals surface area (Å²) >= 11 is 0. The topological polar surface area (TPSA) is 50.4 Å². The van der Waals surface area contributed by atoms with Gasteiger partial charge in [0, 0.05) is 24.6 Å². The number of aromatic nitrogens is 1. The predicted octanol–water partition coefficient (Wildman–Crippen LogP) is 4.47. The van der Waals surface area contributed by atoms with Gasteiger partial charge in [-0.2, -0.15) is 0 Å². The van der Waals surface area contributed by atoms with Crippen LogP contribution in [-0.2, 0) is 20.1 Å². The molecule has 130 valence electrons. The molecule has 2 heterocycles. The standard InChI is InChI=1S/C20H23N3O2/c1-15-7-4-8-16(2)19(15)21-20(24)23(14-18-10-6-12-25-18)13-17-9-5-11-22(17)3/h4-12H,13-14H2,1-3H3,(H,21,24). The van der Waals surface area contributed by atoms with Gasteiger partial charge in [-0.3, -0.25) is 0 Å². The predicted molar refractivity (Wildman–Crippen MR) is 98.3 cm³/mol. The number of hydrogen-bond donors (Lipinski definition) is 1. The molecule has 0 saturated carbocycles. The first kappa shape index (κ1) is 16.9. The lowest BCUT2D eigenvalue weighted by atomic mass is 10.1. The van der Waals surface area contributed by atoms with Crippen LogP contribution in [-0.4, -0.2) is 15.5 Å². The van der Waals surface area contributed by atoms with Crippen LogP contribution < -0.4 is 5.32 Å². The Labute approximate surface area is 147 Å². The summed E-state index contributed by atoms with van der Waals surface area (Å²) in [7, 11) is 1.98. The highest BCUT2D eigenvalue weighted by Gasteiger charge is 2.18. The third-order valence-electron chi connectivity index (χ3n) is 4.33. The van der Waals surface area contributed by atoms with Crippen molar-refractivity contribution in [2.24, 2.45) is 7.05 Å². The number of para-hydroxylation sites is 1. The Morgan fingerprint density at radius 1 is 1.08 bits per heavy atom. The van der Waals surface area contributed by atoms with Gasteiger partial charge < -0.3 is 19.2 Å². The van der Waals surface area contributed by atoms with Gasteiger partial charge in [0.1, 0.15) is 5.76 Å². The molecule has 0 atom stereocenters. The van der Waals surface area contributed by atoms with E-state index in [2.05, 4.69) is 5.32 Å². The highest BCUT2D eigenvalue weighted by Crippen LogP contribution is 2.21. The maximum Gasteiger partial charge on any atom is 0.322 e. The molecule has 5 nitrogen and oxygen atoms in total. The summed E-state index contributed by atoms with van der Waals surface area (Å²) in [6.07, 6.45) is 3.60. The minimum atomic E-state index is -0.144. The maximum absolute atomic E-state index is 12.9. The van der Waals surface area contributed by atoms with Crippen LogP contribution in [0.3, 0.4) is 0 Å². The van der Waals surface area contributed by atoms with Crippen LogP contribution in [0.1, 0.15) is 22.6 Å². The molecule has 0 aliphatic carbocycles. The molecule has 0 unspecified atom stereocenters. The molecule has 1 aromatic carbocycles. The zero-order valence-corrected chi connectivity index (χ0v) is 14.8. The van der Waals surface area contributed by atoms with E-state index >= 15 is 0 Å². The fourth-order valence-electron chi connectivity index (χ4n) is 2.84. The van der Waals surface area contributed by atoms with E-state index in [1.807, 2.05) is 74.1 Å². The van der Waals surface area contributed by atoms with E-state index in [4.69, 9.17) is 4.42 Å². The summed E-state index contributed by atoms with van der Waals surface area (Å²) in [6.45, 7) is 4.91. The van der Waals surface area contributed by atoms with E-state index in [0.717, 1.165) is 28.3 Å². The molecule has 0 aliphatic rings. The van der Waals surface area contributed by atoms with Crippen molar-refractivity contribution >= 4 is 11.7 Å². The summed E-state index contributed by atoms with van der Waals surface area (Å²) in [6, 6.07) is 13.5. The van der Waals surface area contributed by atoms with Crippen molar-refractivity contribution in [3.05, 3.63) is 77.5 Å². The van der Waals surface area contributed by atoms with Gasteiger partial charge in [0.15, 0.2) is 0 Å². The number of amides is 2. The largest absolute Gasteiger partial charge is 0.467 e.